The first-order valence-corrected chi connectivity index (χ1v) is 11.1. The SMILES string of the molecule is Cc1nn(C)c(C)c1S(=O)(=O)N1CCCN(C(=O)Nc2ccc(C(F)(F)F)cc2)CC1. The van der Waals surface area contributed by atoms with Gasteiger partial charge in [-0.1, -0.05) is 0 Å². The molecule has 3 rings (SSSR count). The van der Waals surface area contributed by atoms with Crippen molar-refractivity contribution < 1.29 is 26.4 Å². The van der Waals surface area contributed by atoms with Crippen LogP contribution in [0.4, 0.5) is 23.7 Å². The number of hydrogen-bond acceptors (Lipinski definition) is 4. The van der Waals surface area contributed by atoms with E-state index in [1.54, 1.807) is 20.9 Å². The number of rotatable bonds is 3. The maximum atomic E-state index is 13.1. The molecule has 1 fully saturated rings. The lowest BCUT2D eigenvalue weighted by Gasteiger charge is -2.22. The molecule has 1 aromatic heterocycles. The highest BCUT2D eigenvalue weighted by atomic mass is 32.2. The first-order valence-electron chi connectivity index (χ1n) is 9.65. The van der Waals surface area contributed by atoms with Gasteiger partial charge in [-0.2, -0.15) is 22.6 Å². The van der Waals surface area contributed by atoms with E-state index in [1.807, 2.05) is 0 Å². The van der Waals surface area contributed by atoms with Gasteiger partial charge in [-0.15, -0.1) is 0 Å². The van der Waals surface area contributed by atoms with Gasteiger partial charge >= 0.3 is 12.2 Å². The van der Waals surface area contributed by atoms with Gasteiger partial charge < -0.3 is 10.2 Å². The molecule has 12 heteroatoms. The smallest absolute Gasteiger partial charge is 0.323 e. The topological polar surface area (TPSA) is 87.5 Å². The van der Waals surface area contributed by atoms with Crippen molar-refractivity contribution in [2.45, 2.75) is 31.3 Å². The molecule has 1 N–H and O–H groups in total. The second kappa shape index (κ2) is 8.50. The molecule has 31 heavy (non-hydrogen) atoms. The van der Waals surface area contributed by atoms with E-state index < -0.39 is 27.8 Å². The summed E-state index contributed by atoms with van der Waals surface area (Å²) < 4.78 is 67.1. The number of urea groups is 1. The monoisotopic (exact) mass is 459 g/mol. The molecule has 2 aromatic rings. The Morgan fingerprint density at radius 2 is 1.71 bits per heavy atom. The molecule has 0 saturated carbocycles. The molecule has 1 aliphatic heterocycles. The van der Waals surface area contributed by atoms with Crippen molar-refractivity contribution in [3.63, 3.8) is 0 Å². The molecule has 0 spiro atoms. The summed E-state index contributed by atoms with van der Waals surface area (Å²) in [4.78, 5) is 14.2. The third-order valence-electron chi connectivity index (χ3n) is 5.25. The Morgan fingerprint density at radius 1 is 1.06 bits per heavy atom. The number of aromatic nitrogens is 2. The number of carbonyl (C=O) groups excluding carboxylic acids is 1. The fourth-order valence-electron chi connectivity index (χ4n) is 3.54. The fraction of sp³-hybridized carbons (Fsp3) is 0.474. The highest BCUT2D eigenvalue weighted by Gasteiger charge is 2.33. The van der Waals surface area contributed by atoms with Crippen molar-refractivity contribution in [1.29, 1.82) is 0 Å². The van der Waals surface area contributed by atoms with Crippen molar-refractivity contribution in [2.24, 2.45) is 7.05 Å². The van der Waals surface area contributed by atoms with Crippen molar-refractivity contribution in [1.82, 2.24) is 19.0 Å². The van der Waals surface area contributed by atoms with Gasteiger partial charge in [0.15, 0.2) is 0 Å². The average Bonchev–Trinajstić information content (AvgIpc) is 2.86. The Kier molecular flexibility index (Phi) is 6.33. The number of carbonyl (C=O) groups is 1. The number of nitrogens with zero attached hydrogens (tertiary/aromatic N) is 4. The van der Waals surface area contributed by atoms with E-state index in [-0.39, 0.29) is 30.2 Å². The molecule has 1 aromatic carbocycles. The number of alkyl halides is 3. The predicted octanol–water partition coefficient (Wildman–Crippen LogP) is 2.98. The van der Waals surface area contributed by atoms with E-state index in [0.717, 1.165) is 12.1 Å². The number of benzene rings is 1. The number of nitrogens with one attached hydrogen (secondary N) is 1. The van der Waals surface area contributed by atoms with Gasteiger partial charge in [0.25, 0.3) is 0 Å². The Labute approximate surface area is 178 Å². The Balaban J connectivity index is 1.67. The molecule has 0 unspecified atom stereocenters. The van der Waals surface area contributed by atoms with Crippen molar-refractivity contribution in [3.8, 4) is 0 Å². The van der Waals surface area contributed by atoms with Crippen LogP contribution in [0.3, 0.4) is 0 Å². The minimum atomic E-state index is -4.45. The molecule has 0 aliphatic carbocycles. The summed E-state index contributed by atoms with van der Waals surface area (Å²) in [6, 6.07) is 3.66. The lowest BCUT2D eigenvalue weighted by atomic mass is 10.2. The Bertz CT molecular complexity index is 1060. The summed E-state index contributed by atoms with van der Waals surface area (Å²) in [7, 11) is -2.09. The van der Waals surface area contributed by atoms with E-state index in [4.69, 9.17) is 0 Å². The average molecular weight is 459 g/mol. The predicted molar refractivity (Wildman–Crippen MR) is 108 cm³/mol. The van der Waals surface area contributed by atoms with E-state index in [2.05, 4.69) is 10.4 Å². The maximum absolute atomic E-state index is 13.1. The summed E-state index contributed by atoms with van der Waals surface area (Å²) in [5.74, 6) is 0. The van der Waals surface area contributed by atoms with Gasteiger partial charge in [0.05, 0.1) is 17.0 Å². The summed E-state index contributed by atoms with van der Waals surface area (Å²) >= 11 is 0. The third-order valence-corrected chi connectivity index (χ3v) is 7.40. The minimum Gasteiger partial charge on any atom is -0.323 e. The highest BCUT2D eigenvalue weighted by molar-refractivity contribution is 7.89. The minimum absolute atomic E-state index is 0.108. The van der Waals surface area contributed by atoms with Crippen LogP contribution in [-0.2, 0) is 23.2 Å². The quantitative estimate of drug-likeness (QED) is 0.765. The summed E-state index contributed by atoms with van der Waals surface area (Å²) in [5.41, 5.74) is 0.384. The van der Waals surface area contributed by atoms with Gasteiger partial charge in [0.1, 0.15) is 4.90 Å². The zero-order chi connectivity index (χ0) is 23.0. The van der Waals surface area contributed by atoms with Gasteiger partial charge in [0, 0.05) is 38.9 Å². The number of halogens is 3. The Hall–Kier alpha value is -2.60. The molecule has 170 valence electrons. The molecule has 1 saturated heterocycles. The van der Waals surface area contributed by atoms with Crippen LogP contribution in [0.2, 0.25) is 0 Å². The molecular weight excluding hydrogens is 435 g/mol. The molecule has 0 atom stereocenters. The van der Waals surface area contributed by atoms with E-state index >= 15 is 0 Å². The molecule has 2 heterocycles. The van der Waals surface area contributed by atoms with Gasteiger partial charge in [-0.05, 0) is 44.5 Å². The van der Waals surface area contributed by atoms with Gasteiger partial charge in [-0.3, -0.25) is 4.68 Å². The normalized spacial score (nSPS) is 16.3. The van der Waals surface area contributed by atoms with Gasteiger partial charge in [0.2, 0.25) is 10.0 Å². The van der Waals surface area contributed by atoms with Crippen LogP contribution in [0.15, 0.2) is 29.2 Å². The van der Waals surface area contributed by atoms with E-state index in [0.29, 0.717) is 24.4 Å². The van der Waals surface area contributed by atoms with Gasteiger partial charge in [-0.25, -0.2) is 13.2 Å². The van der Waals surface area contributed by atoms with Crippen LogP contribution in [0.5, 0.6) is 0 Å². The maximum Gasteiger partial charge on any atom is 0.416 e. The molecule has 0 radical (unpaired) electrons. The number of amides is 2. The first-order chi connectivity index (χ1) is 14.4. The second-order valence-electron chi connectivity index (χ2n) is 7.37. The number of anilines is 1. The molecule has 2 amide bonds. The van der Waals surface area contributed by atoms with Crippen LogP contribution < -0.4 is 5.32 Å². The Morgan fingerprint density at radius 3 is 2.26 bits per heavy atom. The standard InChI is InChI=1S/C19H24F3N5O3S/c1-13-17(14(2)25(3)24-13)31(29,30)27-10-4-9-26(11-12-27)18(28)23-16-7-5-15(6-8-16)19(20,21)22/h5-8H,4,9-12H2,1-3H3,(H,23,28). The van der Waals surface area contributed by atoms with Crippen LogP contribution in [0, 0.1) is 13.8 Å². The molecule has 1 aliphatic rings. The van der Waals surface area contributed by atoms with Crippen LogP contribution in [0.1, 0.15) is 23.4 Å². The second-order valence-corrected chi connectivity index (χ2v) is 9.25. The van der Waals surface area contributed by atoms with E-state index in [1.165, 1.54) is 26.0 Å². The third kappa shape index (κ3) is 4.85. The van der Waals surface area contributed by atoms with Crippen molar-refractivity contribution in [3.05, 3.63) is 41.2 Å². The van der Waals surface area contributed by atoms with Crippen LogP contribution >= 0.6 is 0 Å². The molecule has 0 bridgehead atoms. The zero-order valence-electron chi connectivity index (χ0n) is 17.4. The number of hydrogen-bond donors (Lipinski definition) is 1. The molecule has 8 nitrogen and oxygen atoms in total. The largest absolute Gasteiger partial charge is 0.416 e. The van der Waals surface area contributed by atoms with Crippen LogP contribution in [0.25, 0.3) is 0 Å². The lowest BCUT2D eigenvalue weighted by Crippen LogP contribution is -2.39. The highest BCUT2D eigenvalue weighted by Crippen LogP contribution is 2.30. The van der Waals surface area contributed by atoms with Crippen molar-refractivity contribution >= 4 is 21.7 Å². The summed E-state index contributed by atoms with van der Waals surface area (Å²) in [5, 5.41) is 6.74. The lowest BCUT2D eigenvalue weighted by molar-refractivity contribution is -0.137. The van der Waals surface area contributed by atoms with Crippen LogP contribution in [-0.4, -0.2) is 59.6 Å². The van der Waals surface area contributed by atoms with E-state index in [9.17, 15) is 26.4 Å². The van der Waals surface area contributed by atoms with Crippen molar-refractivity contribution in [2.75, 3.05) is 31.5 Å². The fourth-order valence-corrected chi connectivity index (χ4v) is 5.41. The molecular formula is C19H24F3N5O3S. The first kappa shape index (κ1) is 23.1. The number of aryl methyl sites for hydroxylation is 2. The summed E-state index contributed by atoms with van der Waals surface area (Å²) in [6.45, 7) is 4.17. The zero-order valence-corrected chi connectivity index (χ0v) is 18.2. The number of sulfonamides is 1. The summed E-state index contributed by atoms with van der Waals surface area (Å²) in [6.07, 6.45) is -4.02.